The minimum absolute atomic E-state index is 0.190. The molecule has 0 aliphatic rings. The topological polar surface area (TPSA) is 78.3 Å². The van der Waals surface area contributed by atoms with Gasteiger partial charge in [0.1, 0.15) is 11.1 Å². The maximum absolute atomic E-state index is 11.7. The molecular weight excluding hydrogens is 352 g/mol. The third-order valence-corrected chi connectivity index (χ3v) is 3.66. The fourth-order valence-corrected chi connectivity index (χ4v) is 2.16. The van der Waals surface area contributed by atoms with Gasteiger partial charge in [0.15, 0.2) is 0 Å². The molecule has 0 fully saturated rings. The second-order valence-electron chi connectivity index (χ2n) is 4.50. The molecule has 0 amide bonds. The van der Waals surface area contributed by atoms with Crippen LogP contribution in [0.1, 0.15) is 5.56 Å². The first-order chi connectivity index (χ1) is 10.6. The summed E-state index contributed by atoms with van der Waals surface area (Å²) < 4.78 is 12.0. The lowest BCUT2D eigenvalue weighted by Gasteiger charge is -2.09. The average Bonchev–Trinajstić information content (AvgIpc) is 2.53. The zero-order chi connectivity index (χ0) is 15.9. The van der Waals surface area contributed by atoms with Crippen molar-refractivity contribution in [3.05, 3.63) is 44.9 Å². The fraction of sp³-hybridized carbons (Fsp3) is 0.357. The first-order valence-corrected chi connectivity index (χ1v) is 7.43. The van der Waals surface area contributed by atoms with Gasteiger partial charge in [-0.25, -0.2) is 9.67 Å². The number of hydrogen-bond donors (Lipinski definition) is 1. The SMILES string of the molecule is COCCOc1ccc(CNc2cnn(C)c(=O)c2Br)cn1. The van der Waals surface area contributed by atoms with E-state index in [1.807, 2.05) is 6.07 Å². The molecule has 1 N–H and O–H groups in total. The van der Waals surface area contributed by atoms with Crippen LogP contribution in [0.4, 0.5) is 5.69 Å². The Hall–Kier alpha value is -1.93. The highest BCUT2D eigenvalue weighted by atomic mass is 79.9. The number of hydrogen-bond acceptors (Lipinski definition) is 6. The van der Waals surface area contributed by atoms with E-state index < -0.39 is 0 Å². The van der Waals surface area contributed by atoms with E-state index in [0.717, 1.165) is 5.56 Å². The third kappa shape index (κ3) is 4.28. The number of nitrogens with zero attached hydrogens (tertiary/aromatic N) is 3. The molecule has 8 heteroatoms. The van der Waals surface area contributed by atoms with Crippen LogP contribution in [0, 0.1) is 0 Å². The summed E-state index contributed by atoms with van der Waals surface area (Å²) in [5, 5.41) is 7.12. The molecule has 2 aromatic rings. The van der Waals surface area contributed by atoms with Crippen molar-refractivity contribution in [3.8, 4) is 5.88 Å². The van der Waals surface area contributed by atoms with Gasteiger partial charge < -0.3 is 14.8 Å². The maximum atomic E-state index is 11.7. The Morgan fingerprint density at radius 3 is 2.82 bits per heavy atom. The van der Waals surface area contributed by atoms with E-state index in [2.05, 4.69) is 31.3 Å². The van der Waals surface area contributed by atoms with Crippen molar-refractivity contribution in [2.24, 2.45) is 7.05 Å². The summed E-state index contributed by atoms with van der Waals surface area (Å²) >= 11 is 3.27. The molecule has 0 radical (unpaired) electrons. The van der Waals surface area contributed by atoms with Crippen molar-refractivity contribution >= 4 is 21.6 Å². The van der Waals surface area contributed by atoms with Gasteiger partial charge in [0.05, 0.1) is 18.5 Å². The molecule has 2 rings (SSSR count). The van der Waals surface area contributed by atoms with Gasteiger partial charge in [-0.3, -0.25) is 4.79 Å². The maximum Gasteiger partial charge on any atom is 0.282 e. The van der Waals surface area contributed by atoms with E-state index in [4.69, 9.17) is 9.47 Å². The van der Waals surface area contributed by atoms with Crippen molar-refractivity contribution in [2.45, 2.75) is 6.54 Å². The Kier molecular flexibility index (Phi) is 5.91. The highest BCUT2D eigenvalue weighted by Crippen LogP contribution is 2.17. The minimum atomic E-state index is -0.190. The molecule has 0 atom stereocenters. The normalized spacial score (nSPS) is 10.5. The zero-order valence-electron chi connectivity index (χ0n) is 12.4. The number of aromatic nitrogens is 3. The van der Waals surface area contributed by atoms with E-state index in [1.165, 1.54) is 4.68 Å². The molecule has 0 saturated carbocycles. The first kappa shape index (κ1) is 16.4. The summed E-state index contributed by atoms with van der Waals surface area (Å²) in [7, 11) is 3.22. The van der Waals surface area contributed by atoms with Gasteiger partial charge in [-0.15, -0.1) is 0 Å². The van der Waals surface area contributed by atoms with Gasteiger partial charge in [0.25, 0.3) is 5.56 Å². The zero-order valence-corrected chi connectivity index (χ0v) is 14.0. The first-order valence-electron chi connectivity index (χ1n) is 6.64. The Morgan fingerprint density at radius 2 is 2.14 bits per heavy atom. The Morgan fingerprint density at radius 1 is 1.32 bits per heavy atom. The minimum Gasteiger partial charge on any atom is -0.475 e. The molecule has 7 nitrogen and oxygen atoms in total. The fourth-order valence-electron chi connectivity index (χ4n) is 1.66. The van der Waals surface area contributed by atoms with Crippen LogP contribution in [0.2, 0.25) is 0 Å². The van der Waals surface area contributed by atoms with E-state index in [0.29, 0.717) is 35.8 Å². The number of methoxy groups -OCH3 is 1. The Bertz CT molecular complexity index is 673. The van der Waals surface area contributed by atoms with Crippen LogP contribution in [0.5, 0.6) is 5.88 Å². The quantitative estimate of drug-likeness (QED) is 0.747. The van der Waals surface area contributed by atoms with Crippen LogP contribution >= 0.6 is 15.9 Å². The number of nitrogens with one attached hydrogen (secondary N) is 1. The van der Waals surface area contributed by atoms with Gasteiger partial charge in [0, 0.05) is 33.0 Å². The summed E-state index contributed by atoms with van der Waals surface area (Å²) in [4.78, 5) is 16.0. The summed E-state index contributed by atoms with van der Waals surface area (Å²) in [5.74, 6) is 0.553. The Labute approximate surface area is 136 Å². The predicted octanol–water partition coefficient (Wildman–Crippen LogP) is 1.58. The molecule has 0 unspecified atom stereocenters. The Balaban J connectivity index is 1.94. The monoisotopic (exact) mass is 368 g/mol. The lowest BCUT2D eigenvalue weighted by atomic mass is 10.3. The molecule has 22 heavy (non-hydrogen) atoms. The van der Waals surface area contributed by atoms with Crippen molar-refractivity contribution in [2.75, 3.05) is 25.6 Å². The van der Waals surface area contributed by atoms with Gasteiger partial charge in [-0.05, 0) is 21.5 Å². The molecular formula is C14H17BrN4O3. The number of aryl methyl sites for hydroxylation is 1. The average molecular weight is 369 g/mol. The largest absolute Gasteiger partial charge is 0.475 e. The molecule has 118 valence electrons. The number of pyridine rings is 1. The lowest BCUT2D eigenvalue weighted by molar-refractivity contribution is 0.143. The van der Waals surface area contributed by atoms with Crippen molar-refractivity contribution < 1.29 is 9.47 Å². The van der Waals surface area contributed by atoms with Crippen LogP contribution in [0.15, 0.2) is 33.8 Å². The molecule has 0 aliphatic carbocycles. The molecule has 0 aromatic carbocycles. The van der Waals surface area contributed by atoms with Gasteiger partial charge in [0.2, 0.25) is 5.88 Å². The summed E-state index contributed by atoms with van der Waals surface area (Å²) in [5.41, 5.74) is 1.42. The van der Waals surface area contributed by atoms with Crippen molar-refractivity contribution in [1.29, 1.82) is 0 Å². The van der Waals surface area contributed by atoms with Crippen LogP contribution in [-0.4, -0.2) is 35.1 Å². The van der Waals surface area contributed by atoms with E-state index in [-0.39, 0.29) is 5.56 Å². The summed E-state index contributed by atoms with van der Waals surface area (Å²) in [6.45, 7) is 1.51. The lowest BCUT2D eigenvalue weighted by Crippen LogP contribution is -2.21. The number of ether oxygens (including phenoxy) is 2. The van der Waals surface area contributed by atoms with Gasteiger partial charge in [-0.2, -0.15) is 5.10 Å². The molecule has 0 aliphatic heterocycles. The third-order valence-electron chi connectivity index (χ3n) is 2.90. The second-order valence-corrected chi connectivity index (χ2v) is 5.29. The predicted molar refractivity (Wildman–Crippen MR) is 86.1 cm³/mol. The number of halogens is 1. The smallest absolute Gasteiger partial charge is 0.282 e. The highest BCUT2D eigenvalue weighted by molar-refractivity contribution is 9.10. The molecule has 2 heterocycles. The molecule has 0 saturated heterocycles. The summed E-state index contributed by atoms with van der Waals surface area (Å²) in [6.07, 6.45) is 3.32. The van der Waals surface area contributed by atoms with Gasteiger partial charge >= 0.3 is 0 Å². The number of rotatable bonds is 7. The van der Waals surface area contributed by atoms with E-state index >= 15 is 0 Å². The van der Waals surface area contributed by atoms with Crippen LogP contribution in [0.25, 0.3) is 0 Å². The van der Waals surface area contributed by atoms with Crippen LogP contribution < -0.4 is 15.6 Å². The highest BCUT2D eigenvalue weighted by Gasteiger charge is 2.06. The van der Waals surface area contributed by atoms with E-state index in [9.17, 15) is 4.79 Å². The second kappa shape index (κ2) is 7.90. The molecule has 2 aromatic heterocycles. The number of anilines is 1. The molecule has 0 bridgehead atoms. The van der Waals surface area contributed by atoms with Crippen LogP contribution in [-0.2, 0) is 18.3 Å². The van der Waals surface area contributed by atoms with Crippen molar-refractivity contribution in [3.63, 3.8) is 0 Å². The standard InChI is InChI=1S/C14H17BrN4O3/c1-19-14(20)13(15)11(9-18-19)16-7-10-3-4-12(17-8-10)22-6-5-21-2/h3-4,8-9,16H,5-7H2,1-2H3. The molecule has 0 spiro atoms. The van der Waals surface area contributed by atoms with Crippen LogP contribution in [0.3, 0.4) is 0 Å². The van der Waals surface area contributed by atoms with E-state index in [1.54, 1.807) is 32.6 Å². The van der Waals surface area contributed by atoms with Gasteiger partial charge in [-0.1, -0.05) is 6.07 Å². The summed E-state index contributed by atoms with van der Waals surface area (Å²) in [6, 6.07) is 3.70. The van der Waals surface area contributed by atoms with Crippen molar-refractivity contribution in [1.82, 2.24) is 14.8 Å².